The summed E-state index contributed by atoms with van der Waals surface area (Å²) in [4.78, 5) is 25.0. The van der Waals surface area contributed by atoms with E-state index in [4.69, 9.17) is 9.52 Å². The van der Waals surface area contributed by atoms with Gasteiger partial charge in [-0.25, -0.2) is 4.79 Å². The summed E-state index contributed by atoms with van der Waals surface area (Å²) in [6.07, 6.45) is 0.502. The van der Waals surface area contributed by atoms with Crippen molar-refractivity contribution in [1.29, 1.82) is 0 Å². The van der Waals surface area contributed by atoms with E-state index in [0.717, 1.165) is 17.1 Å². The number of likely N-dealkylation sites (tertiary alicyclic amines) is 1. The maximum Gasteiger partial charge on any atom is 0.318 e. The van der Waals surface area contributed by atoms with E-state index in [2.05, 4.69) is 5.32 Å². The molecule has 0 spiro atoms. The largest absolute Gasteiger partial charge is 0.481 e. The first-order valence-electron chi connectivity index (χ1n) is 7.18. The number of carbonyl (C=O) groups is 2. The van der Waals surface area contributed by atoms with Gasteiger partial charge in [-0.1, -0.05) is 0 Å². The molecule has 1 aliphatic heterocycles. The summed E-state index contributed by atoms with van der Waals surface area (Å²) in [5.41, 5.74) is 0.947. The number of aryl methyl sites for hydroxylation is 2. The molecule has 1 aliphatic rings. The number of urea groups is 1. The van der Waals surface area contributed by atoms with E-state index in [1.807, 2.05) is 26.8 Å². The average Bonchev–Trinajstić information content (AvgIpc) is 2.92. The van der Waals surface area contributed by atoms with Gasteiger partial charge in [-0.3, -0.25) is 4.79 Å². The zero-order chi connectivity index (χ0) is 15.7. The van der Waals surface area contributed by atoms with Gasteiger partial charge in [0.05, 0.1) is 12.0 Å². The van der Waals surface area contributed by atoms with Crippen molar-refractivity contribution in [2.24, 2.45) is 5.92 Å². The lowest BCUT2D eigenvalue weighted by atomic mass is 10.0. The van der Waals surface area contributed by atoms with Crippen molar-refractivity contribution >= 4 is 12.0 Å². The van der Waals surface area contributed by atoms with Gasteiger partial charge in [0.25, 0.3) is 0 Å². The fourth-order valence-electron chi connectivity index (χ4n) is 2.98. The van der Waals surface area contributed by atoms with Crippen molar-refractivity contribution in [2.75, 3.05) is 6.54 Å². The number of rotatable bonds is 3. The molecule has 6 heteroatoms. The van der Waals surface area contributed by atoms with Gasteiger partial charge in [0, 0.05) is 18.2 Å². The van der Waals surface area contributed by atoms with Gasteiger partial charge < -0.3 is 19.7 Å². The number of hydrogen-bond acceptors (Lipinski definition) is 3. The monoisotopic (exact) mass is 294 g/mol. The number of furan rings is 1. The molecule has 2 amide bonds. The van der Waals surface area contributed by atoms with E-state index < -0.39 is 11.9 Å². The molecule has 1 saturated heterocycles. The van der Waals surface area contributed by atoms with Crippen LogP contribution in [0.2, 0.25) is 0 Å². The van der Waals surface area contributed by atoms with Gasteiger partial charge in [0.2, 0.25) is 0 Å². The highest BCUT2D eigenvalue weighted by Crippen LogP contribution is 2.26. The van der Waals surface area contributed by atoms with Crippen LogP contribution in [0.25, 0.3) is 0 Å². The van der Waals surface area contributed by atoms with Crippen LogP contribution in [0.3, 0.4) is 0 Å². The molecule has 1 fully saturated rings. The molecule has 0 aromatic carbocycles. The van der Waals surface area contributed by atoms with E-state index >= 15 is 0 Å². The molecule has 2 heterocycles. The maximum atomic E-state index is 12.3. The number of hydrogen-bond donors (Lipinski definition) is 2. The highest BCUT2D eigenvalue weighted by Gasteiger charge is 2.38. The second-order valence-corrected chi connectivity index (χ2v) is 5.71. The second-order valence-electron chi connectivity index (χ2n) is 5.71. The van der Waals surface area contributed by atoms with E-state index in [0.29, 0.717) is 13.0 Å². The molecule has 3 atom stereocenters. The highest BCUT2D eigenvalue weighted by atomic mass is 16.4. The summed E-state index contributed by atoms with van der Waals surface area (Å²) in [6, 6.07) is 1.22. The SMILES string of the molecule is Cc1cc(C(C)NC(=O)N2CCC(C(=O)O)C2C)c(C)o1. The minimum Gasteiger partial charge on any atom is -0.481 e. The number of carboxylic acids is 1. The third-order valence-corrected chi connectivity index (χ3v) is 4.22. The quantitative estimate of drug-likeness (QED) is 0.897. The average molecular weight is 294 g/mol. The number of carboxylic acid groups (broad SMARTS) is 1. The van der Waals surface area contributed by atoms with Crippen LogP contribution in [0.4, 0.5) is 4.79 Å². The molecule has 2 rings (SSSR count). The van der Waals surface area contributed by atoms with Crippen LogP contribution in [0.15, 0.2) is 10.5 Å². The Bertz CT molecular complexity index is 552. The van der Waals surface area contributed by atoms with Crippen LogP contribution in [0, 0.1) is 19.8 Å². The van der Waals surface area contributed by atoms with Crippen LogP contribution >= 0.6 is 0 Å². The third kappa shape index (κ3) is 3.04. The standard InChI is InChI=1S/C15H22N2O4/c1-8-7-13(11(4)21-8)9(2)16-15(20)17-6-5-12(10(17)3)14(18)19/h7,9-10,12H,5-6H2,1-4H3,(H,16,20)(H,18,19). The number of nitrogens with zero attached hydrogens (tertiary/aromatic N) is 1. The van der Waals surface area contributed by atoms with Crippen LogP contribution in [-0.4, -0.2) is 34.6 Å². The topological polar surface area (TPSA) is 82.8 Å². The lowest BCUT2D eigenvalue weighted by Crippen LogP contribution is -2.44. The van der Waals surface area contributed by atoms with Crippen molar-refractivity contribution in [1.82, 2.24) is 10.2 Å². The van der Waals surface area contributed by atoms with E-state index in [1.165, 1.54) is 0 Å². The Balaban J connectivity index is 2.02. The lowest BCUT2D eigenvalue weighted by molar-refractivity contribution is -0.142. The summed E-state index contributed by atoms with van der Waals surface area (Å²) in [5, 5.41) is 12.0. The smallest absolute Gasteiger partial charge is 0.318 e. The van der Waals surface area contributed by atoms with E-state index in [1.54, 1.807) is 11.8 Å². The van der Waals surface area contributed by atoms with Gasteiger partial charge in [-0.2, -0.15) is 0 Å². The summed E-state index contributed by atoms with van der Waals surface area (Å²) in [5.74, 6) is 0.276. The lowest BCUT2D eigenvalue weighted by Gasteiger charge is -2.25. The summed E-state index contributed by atoms with van der Waals surface area (Å²) in [6.45, 7) is 7.88. The molecule has 2 N–H and O–H groups in total. The fourth-order valence-corrected chi connectivity index (χ4v) is 2.98. The normalized spacial score (nSPS) is 23.1. The number of nitrogens with one attached hydrogen (secondary N) is 1. The zero-order valence-electron chi connectivity index (χ0n) is 12.8. The fraction of sp³-hybridized carbons (Fsp3) is 0.600. The molecule has 0 saturated carbocycles. The molecule has 0 bridgehead atoms. The summed E-state index contributed by atoms with van der Waals surface area (Å²) >= 11 is 0. The van der Waals surface area contributed by atoms with Crippen molar-refractivity contribution in [2.45, 2.75) is 46.2 Å². The Morgan fingerprint density at radius 2 is 2.14 bits per heavy atom. The second kappa shape index (κ2) is 5.79. The molecular formula is C15H22N2O4. The molecule has 1 aromatic rings. The molecule has 0 aliphatic carbocycles. The molecule has 21 heavy (non-hydrogen) atoms. The predicted octanol–water partition coefficient (Wildman–Crippen LogP) is 2.46. The van der Waals surface area contributed by atoms with Crippen molar-refractivity contribution < 1.29 is 19.1 Å². The van der Waals surface area contributed by atoms with E-state index in [9.17, 15) is 9.59 Å². The first-order valence-corrected chi connectivity index (χ1v) is 7.18. The minimum atomic E-state index is -0.841. The van der Waals surface area contributed by atoms with Gasteiger partial charge in [-0.05, 0) is 40.2 Å². The Labute approximate surface area is 124 Å². The van der Waals surface area contributed by atoms with Crippen LogP contribution in [-0.2, 0) is 4.79 Å². The van der Waals surface area contributed by atoms with Crippen molar-refractivity contribution in [3.8, 4) is 0 Å². The van der Waals surface area contributed by atoms with E-state index in [-0.39, 0.29) is 18.1 Å². The number of carbonyl (C=O) groups excluding carboxylic acids is 1. The third-order valence-electron chi connectivity index (χ3n) is 4.22. The Hall–Kier alpha value is -1.98. The van der Waals surface area contributed by atoms with Crippen LogP contribution < -0.4 is 5.32 Å². The zero-order valence-corrected chi connectivity index (χ0v) is 12.8. The molecular weight excluding hydrogens is 272 g/mol. The van der Waals surface area contributed by atoms with Crippen molar-refractivity contribution in [3.63, 3.8) is 0 Å². The maximum absolute atomic E-state index is 12.3. The molecule has 6 nitrogen and oxygen atoms in total. The number of aliphatic carboxylic acids is 1. The minimum absolute atomic E-state index is 0.175. The Morgan fingerprint density at radius 3 is 2.62 bits per heavy atom. The summed E-state index contributed by atoms with van der Waals surface area (Å²) in [7, 11) is 0. The Kier molecular flexibility index (Phi) is 4.25. The van der Waals surface area contributed by atoms with Gasteiger partial charge in [0.1, 0.15) is 11.5 Å². The molecule has 0 radical (unpaired) electrons. The highest BCUT2D eigenvalue weighted by molar-refractivity contribution is 5.78. The molecule has 3 unspecified atom stereocenters. The molecule has 116 valence electrons. The van der Waals surface area contributed by atoms with Gasteiger partial charge >= 0.3 is 12.0 Å². The first-order chi connectivity index (χ1) is 9.81. The van der Waals surface area contributed by atoms with Crippen LogP contribution in [0.1, 0.15) is 43.4 Å². The van der Waals surface area contributed by atoms with Crippen LogP contribution in [0.5, 0.6) is 0 Å². The predicted molar refractivity (Wildman–Crippen MR) is 77.0 cm³/mol. The van der Waals surface area contributed by atoms with Crippen molar-refractivity contribution in [3.05, 3.63) is 23.2 Å². The number of amides is 2. The van der Waals surface area contributed by atoms with Gasteiger partial charge in [0.15, 0.2) is 0 Å². The Morgan fingerprint density at radius 1 is 1.48 bits per heavy atom. The first kappa shape index (κ1) is 15.4. The van der Waals surface area contributed by atoms with Gasteiger partial charge in [-0.15, -0.1) is 0 Å². The molecule has 1 aromatic heterocycles. The summed E-state index contributed by atoms with van der Waals surface area (Å²) < 4.78 is 5.47.